The number of hydrogen-bond acceptors (Lipinski definition) is 4. The molecule has 0 radical (unpaired) electrons. The number of carbonyl (C=O) groups is 1. The third-order valence-corrected chi connectivity index (χ3v) is 4.53. The maximum atomic E-state index is 12.3. The Balaban J connectivity index is 1.89. The average molecular weight is 385 g/mol. The molecule has 0 atom stereocenters. The maximum Gasteiger partial charge on any atom is 0.275 e. The van der Waals surface area contributed by atoms with E-state index in [-0.39, 0.29) is 26.7 Å². The summed E-state index contributed by atoms with van der Waals surface area (Å²) in [5.74, 6) is 0.322. The van der Waals surface area contributed by atoms with Crippen LogP contribution in [0, 0.1) is 0 Å². The molecule has 1 aromatic carbocycles. The van der Waals surface area contributed by atoms with Crippen LogP contribution in [0.5, 0.6) is 0 Å². The summed E-state index contributed by atoms with van der Waals surface area (Å²) in [4.78, 5) is 20.7. The highest BCUT2D eigenvalue weighted by Gasteiger charge is 2.18. The van der Waals surface area contributed by atoms with Crippen LogP contribution in [0.15, 0.2) is 28.8 Å². The molecule has 0 bridgehead atoms. The molecule has 0 fully saturated rings. The van der Waals surface area contributed by atoms with Crippen LogP contribution < -0.4 is 5.32 Å². The summed E-state index contributed by atoms with van der Waals surface area (Å²) in [7, 11) is 0. The van der Waals surface area contributed by atoms with Crippen LogP contribution in [0.4, 0.5) is 5.69 Å². The molecule has 3 rings (SSSR count). The zero-order valence-electron chi connectivity index (χ0n) is 12.7. The van der Waals surface area contributed by atoms with Gasteiger partial charge in [-0.3, -0.25) is 4.79 Å². The van der Waals surface area contributed by atoms with Gasteiger partial charge in [-0.2, -0.15) is 0 Å². The fourth-order valence-electron chi connectivity index (χ4n) is 2.06. The molecule has 0 unspecified atom stereocenters. The minimum atomic E-state index is -0.495. The summed E-state index contributed by atoms with van der Waals surface area (Å²) < 4.78 is 5.63. The van der Waals surface area contributed by atoms with Gasteiger partial charge in [-0.15, -0.1) is 0 Å². The molecule has 1 amide bonds. The average Bonchev–Trinajstić information content (AvgIpc) is 2.96. The third-order valence-electron chi connectivity index (χ3n) is 3.29. The van der Waals surface area contributed by atoms with Crippen LogP contribution in [-0.2, 0) is 0 Å². The van der Waals surface area contributed by atoms with Gasteiger partial charge in [0, 0.05) is 17.8 Å². The summed E-state index contributed by atoms with van der Waals surface area (Å²) >= 11 is 17.8. The predicted molar refractivity (Wildman–Crippen MR) is 95.3 cm³/mol. The second-order valence-corrected chi connectivity index (χ2v) is 6.59. The molecule has 0 saturated carbocycles. The summed E-state index contributed by atoms with van der Waals surface area (Å²) in [6, 6.07) is 5.17. The van der Waals surface area contributed by atoms with Crippen LogP contribution in [0.3, 0.4) is 0 Å². The number of amides is 1. The van der Waals surface area contributed by atoms with E-state index < -0.39 is 5.91 Å². The van der Waals surface area contributed by atoms with Crippen molar-refractivity contribution in [1.82, 2.24) is 9.97 Å². The van der Waals surface area contributed by atoms with Gasteiger partial charge < -0.3 is 9.73 Å². The fourth-order valence-corrected chi connectivity index (χ4v) is 2.63. The van der Waals surface area contributed by atoms with E-state index in [2.05, 4.69) is 15.3 Å². The van der Waals surface area contributed by atoms with Crippen LogP contribution in [-0.4, -0.2) is 15.9 Å². The van der Waals surface area contributed by atoms with Gasteiger partial charge in [0.1, 0.15) is 11.2 Å². The monoisotopic (exact) mass is 383 g/mol. The van der Waals surface area contributed by atoms with Crippen molar-refractivity contribution in [3.05, 3.63) is 51.0 Å². The van der Waals surface area contributed by atoms with E-state index in [1.807, 2.05) is 13.8 Å². The van der Waals surface area contributed by atoms with Crippen LogP contribution >= 0.6 is 34.8 Å². The van der Waals surface area contributed by atoms with E-state index in [9.17, 15) is 4.79 Å². The molecule has 0 saturated heterocycles. The molecule has 8 heteroatoms. The molecular formula is C16H12Cl3N3O2. The van der Waals surface area contributed by atoms with Crippen molar-refractivity contribution in [2.75, 3.05) is 5.32 Å². The lowest BCUT2D eigenvalue weighted by atomic mass is 10.2. The molecule has 0 aliphatic carbocycles. The van der Waals surface area contributed by atoms with E-state index in [1.54, 1.807) is 18.2 Å². The first kappa shape index (κ1) is 17.0. The van der Waals surface area contributed by atoms with Gasteiger partial charge in [0.15, 0.2) is 11.5 Å². The van der Waals surface area contributed by atoms with E-state index in [0.29, 0.717) is 22.7 Å². The van der Waals surface area contributed by atoms with Crippen molar-refractivity contribution in [1.29, 1.82) is 0 Å². The maximum absolute atomic E-state index is 12.3. The lowest BCUT2D eigenvalue weighted by Gasteiger charge is -2.07. The third kappa shape index (κ3) is 3.20. The van der Waals surface area contributed by atoms with E-state index in [1.165, 1.54) is 6.20 Å². The van der Waals surface area contributed by atoms with E-state index >= 15 is 0 Å². The summed E-state index contributed by atoms with van der Waals surface area (Å²) in [6.07, 6.45) is 1.28. The van der Waals surface area contributed by atoms with Crippen molar-refractivity contribution in [2.24, 2.45) is 0 Å². The summed E-state index contributed by atoms with van der Waals surface area (Å²) in [5.41, 5.74) is 1.85. The summed E-state index contributed by atoms with van der Waals surface area (Å²) in [6.45, 7) is 3.98. The summed E-state index contributed by atoms with van der Waals surface area (Å²) in [5, 5.41) is 2.99. The number of nitrogens with one attached hydrogen (secondary N) is 1. The van der Waals surface area contributed by atoms with Gasteiger partial charge >= 0.3 is 0 Å². The molecule has 2 heterocycles. The van der Waals surface area contributed by atoms with Gasteiger partial charge in [0.25, 0.3) is 5.91 Å². The fraction of sp³-hybridized carbons (Fsp3) is 0.188. The Morgan fingerprint density at radius 2 is 1.96 bits per heavy atom. The Labute approximate surface area is 152 Å². The molecule has 24 heavy (non-hydrogen) atoms. The number of fused-ring (bicyclic) bond motifs is 1. The van der Waals surface area contributed by atoms with Crippen LogP contribution in [0.1, 0.15) is 36.1 Å². The number of benzene rings is 1. The molecule has 1 N–H and O–H groups in total. The van der Waals surface area contributed by atoms with Crippen molar-refractivity contribution < 1.29 is 9.21 Å². The molecule has 3 aromatic rings. The Kier molecular flexibility index (Phi) is 4.67. The zero-order valence-corrected chi connectivity index (χ0v) is 15.0. The molecule has 124 valence electrons. The second kappa shape index (κ2) is 6.59. The molecule has 0 aliphatic heterocycles. The topological polar surface area (TPSA) is 68.0 Å². The Morgan fingerprint density at radius 1 is 1.21 bits per heavy atom. The van der Waals surface area contributed by atoms with Gasteiger partial charge in [-0.1, -0.05) is 48.7 Å². The number of hydrogen-bond donors (Lipinski definition) is 1. The van der Waals surface area contributed by atoms with Gasteiger partial charge in [-0.25, -0.2) is 9.97 Å². The number of anilines is 1. The van der Waals surface area contributed by atoms with Gasteiger partial charge in [0.05, 0.1) is 15.1 Å². The normalized spacial score (nSPS) is 11.2. The molecule has 2 aromatic heterocycles. The quantitative estimate of drug-likeness (QED) is 0.642. The minimum Gasteiger partial charge on any atom is -0.440 e. The van der Waals surface area contributed by atoms with Crippen LogP contribution in [0.2, 0.25) is 15.1 Å². The SMILES string of the molecule is CC(C)c1nc2cc(NC(=O)c3ncc(Cl)c(Cl)c3Cl)ccc2o1. The Morgan fingerprint density at radius 3 is 2.67 bits per heavy atom. The number of halogens is 3. The number of aromatic nitrogens is 2. The van der Waals surface area contributed by atoms with Gasteiger partial charge in [0.2, 0.25) is 0 Å². The number of carbonyl (C=O) groups excluding carboxylic acids is 1. The number of oxazole rings is 1. The standard InChI is InChI=1S/C16H12Cl3N3O2/c1-7(2)16-22-10-5-8(3-4-11(10)24-16)21-15(23)14-13(19)12(18)9(17)6-20-14/h3-7H,1-2H3,(H,21,23). The van der Waals surface area contributed by atoms with Crippen molar-refractivity contribution in [3.63, 3.8) is 0 Å². The van der Waals surface area contributed by atoms with Crippen molar-refractivity contribution in [3.8, 4) is 0 Å². The van der Waals surface area contributed by atoms with Gasteiger partial charge in [-0.05, 0) is 18.2 Å². The second-order valence-electron chi connectivity index (χ2n) is 5.43. The lowest BCUT2D eigenvalue weighted by molar-refractivity contribution is 0.102. The zero-order chi connectivity index (χ0) is 17.4. The molecular weight excluding hydrogens is 373 g/mol. The Bertz CT molecular complexity index is 938. The Hall–Kier alpha value is -1.82. The number of nitrogens with zero attached hydrogens (tertiary/aromatic N) is 2. The first-order valence-corrected chi connectivity index (χ1v) is 8.21. The highest BCUT2D eigenvalue weighted by atomic mass is 35.5. The van der Waals surface area contributed by atoms with Crippen LogP contribution in [0.25, 0.3) is 11.1 Å². The highest BCUT2D eigenvalue weighted by Crippen LogP contribution is 2.31. The molecule has 0 spiro atoms. The highest BCUT2D eigenvalue weighted by molar-refractivity contribution is 6.49. The molecule has 0 aliphatic rings. The smallest absolute Gasteiger partial charge is 0.275 e. The largest absolute Gasteiger partial charge is 0.440 e. The predicted octanol–water partition coefficient (Wildman–Crippen LogP) is 5.56. The first-order chi connectivity index (χ1) is 11.4. The van der Waals surface area contributed by atoms with Crippen molar-refractivity contribution in [2.45, 2.75) is 19.8 Å². The number of pyridine rings is 1. The van der Waals surface area contributed by atoms with E-state index in [0.717, 1.165) is 0 Å². The molecule has 5 nitrogen and oxygen atoms in total. The number of rotatable bonds is 3. The minimum absolute atomic E-state index is 0.00538. The van der Waals surface area contributed by atoms with E-state index in [4.69, 9.17) is 39.2 Å². The lowest BCUT2D eigenvalue weighted by Crippen LogP contribution is -2.14. The first-order valence-electron chi connectivity index (χ1n) is 7.08. The van der Waals surface area contributed by atoms with Crippen molar-refractivity contribution >= 4 is 57.5 Å².